The second kappa shape index (κ2) is 2.11. The number of carbonyl (C=O) groups is 1. The van der Waals surface area contributed by atoms with E-state index < -0.39 is 6.23 Å². The van der Waals surface area contributed by atoms with Crippen molar-refractivity contribution in [2.24, 2.45) is 0 Å². The summed E-state index contributed by atoms with van der Waals surface area (Å²) >= 11 is 0. The maximum Gasteiger partial charge on any atom is 0.234 e. The molecule has 8 heavy (non-hydrogen) atoms. The first-order valence-corrected chi connectivity index (χ1v) is 2.51. The number of aliphatic hydroxyl groups is 1. The fraction of sp³-hybridized carbons (Fsp3) is 0.750. The first-order valence-electron chi connectivity index (χ1n) is 2.51. The summed E-state index contributed by atoms with van der Waals surface area (Å²) in [6.07, 6.45) is 0.354. The molecule has 1 aliphatic rings. The standard InChI is InChI=1S/C4H8N2O2/c7-3-1-2-4(8)6-5-3/h3,5,7H,1-2H2,(H,6,8). The normalized spacial score (nSPS) is 29.6. The average molecular weight is 116 g/mol. The molecule has 46 valence electrons. The average Bonchev–Trinajstić information content (AvgIpc) is 1.77. The number of rotatable bonds is 0. The summed E-state index contributed by atoms with van der Waals surface area (Å²) in [6.45, 7) is 0. The van der Waals surface area contributed by atoms with E-state index in [4.69, 9.17) is 5.11 Å². The van der Waals surface area contributed by atoms with Gasteiger partial charge in [0, 0.05) is 6.42 Å². The summed E-state index contributed by atoms with van der Waals surface area (Å²) in [5.41, 5.74) is 4.68. The molecular weight excluding hydrogens is 108 g/mol. The Bertz CT molecular complexity index is 94.2. The number of nitrogens with one attached hydrogen (secondary N) is 2. The highest BCUT2D eigenvalue weighted by Gasteiger charge is 2.12. The van der Waals surface area contributed by atoms with E-state index in [1.54, 1.807) is 0 Å². The number of amides is 1. The van der Waals surface area contributed by atoms with E-state index >= 15 is 0 Å². The Morgan fingerprint density at radius 2 is 2.50 bits per heavy atom. The van der Waals surface area contributed by atoms with E-state index in [-0.39, 0.29) is 5.91 Å². The Morgan fingerprint density at radius 1 is 1.75 bits per heavy atom. The van der Waals surface area contributed by atoms with Gasteiger partial charge in [-0.2, -0.15) is 0 Å². The highest BCUT2D eigenvalue weighted by atomic mass is 16.3. The third-order valence-corrected chi connectivity index (χ3v) is 1.02. The smallest absolute Gasteiger partial charge is 0.234 e. The minimum absolute atomic E-state index is 0.0599. The molecule has 0 aromatic heterocycles. The molecule has 1 atom stereocenters. The van der Waals surface area contributed by atoms with E-state index in [9.17, 15) is 4.79 Å². The van der Waals surface area contributed by atoms with Crippen LogP contribution in [-0.4, -0.2) is 17.2 Å². The molecule has 0 saturated carbocycles. The third kappa shape index (κ3) is 1.18. The van der Waals surface area contributed by atoms with E-state index in [1.165, 1.54) is 0 Å². The van der Waals surface area contributed by atoms with Crippen molar-refractivity contribution in [3.63, 3.8) is 0 Å². The summed E-state index contributed by atoms with van der Waals surface area (Å²) < 4.78 is 0. The number of hydrazine groups is 1. The van der Waals surface area contributed by atoms with Crippen LogP contribution in [0.15, 0.2) is 0 Å². The van der Waals surface area contributed by atoms with Crippen molar-refractivity contribution in [1.82, 2.24) is 10.9 Å². The van der Waals surface area contributed by atoms with Crippen LogP contribution in [0.25, 0.3) is 0 Å². The molecule has 4 nitrogen and oxygen atoms in total. The maximum absolute atomic E-state index is 10.3. The largest absolute Gasteiger partial charge is 0.377 e. The molecule has 0 radical (unpaired) electrons. The van der Waals surface area contributed by atoms with Gasteiger partial charge in [-0.05, 0) is 6.42 Å². The Labute approximate surface area is 46.9 Å². The van der Waals surface area contributed by atoms with Crippen molar-refractivity contribution in [3.8, 4) is 0 Å². The van der Waals surface area contributed by atoms with E-state index in [1.807, 2.05) is 0 Å². The minimum atomic E-state index is -0.562. The van der Waals surface area contributed by atoms with Gasteiger partial charge >= 0.3 is 0 Å². The van der Waals surface area contributed by atoms with E-state index in [2.05, 4.69) is 10.9 Å². The van der Waals surface area contributed by atoms with Gasteiger partial charge in [-0.25, -0.2) is 5.43 Å². The van der Waals surface area contributed by atoms with E-state index in [0.717, 1.165) is 0 Å². The van der Waals surface area contributed by atoms with Gasteiger partial charge < -0.3 is 5.11 Å². The minimum Gasteiger partial charge on any atom is -0.377 e. The highest BCUT2D eigenvalue weighted by Crippen LogP contribution is 1.96. The molecule has 0 aromatic rings. The van der Waals surface area contributed by atoms with Crippen LogP contribution in [0.4, 0.5) is 0 Å². The van der Waals surface area contributed by atoms with Gasteiger partial charge in [0.2, 0.25) is 5.91 Å². The Balaban J connectivity index is 2.29. The van der Waals surface area contributed by atoms with Gasteiger partial charge in [0.1, 0.15) is 6.23 Å². The summed E-state index contributed by atoms with van der Waals surface area (Å²) in [5, 5.41) is 8.70. The molecule has 1 amide bonds. The van der Waals surface area contributed by atoms with Crippen LogP contribution in [0.3, 0.4) is 0 Å². The van der Waals surface area contributed by atoms with Crippen molar-refractivity contribution in [3.05, 3.63) is 0 Å². The zero-order chi connectivity index (χ0) is 5.98. The second-order valence-corrected chi connectivity index (χ2v) is 1.75. The Hall–Kier alpha value is -0.610. The highest BCUT2D eigenvalue weighted by molar-refractivity contribution is 5.75. The number of aliphatic hydroxyl groups excluding tert-OH is 1. The monoisotopic (exact) mass is 116 g/mol. The summed E-state index contributed by atoms with van der Waals surface area (Å²) in [7, 11) is 0. The molecule has 0 bridgehead atoms. The fourth-order valence-electron chi connectivity index (χ4n) is 0.566. The predicted octanol–water partition coefficient (Wildman–Crippen LogP) is -1.28. The lowest BCUT2D eigenvalue weighted by Crippen LogP contribution is -2.48. The quantitative estimate of drug-likeness (QED) is 0.369. The molecule has 1 aliphatic heterocycles. The lowest BCUT2D eigenvalue weighted by molar-refractivity contribution is -0.126. The van der Waals surface area contributed by atoms with Gasteiger partial charge in [0.05, 0.1) is 0 Å². The third-order valence-electron chi connectivity index (χ3n) is 1.02. The molecular formula is C4H8N2O2. The van der Waals surface area contributed by atoms with Gasteiger partial charge in [0.25, 0.3) is 0 Å². The number of hydrogen-bond acceptors (Lipinski definition) is 3. The van der Waals surface area contributed by atoms with Crippen LogP contribution in [0, 0.1) is 0 Å². The zero-order valence-corrected chi connectivity index (χ0v) is 4.35. The SMILES string of the molecule is O=C1CCC(O)NN1. The van der Waals surface area contributed by atoms with Crippen molar-refractivity contribution < 1.29 is 9.90 Å². The van der Waals surface area contributed by atoms with Crippen molar-refractivity contribution in [2.45, 2.75) is 19.1 Å². The van der Waals surface area contributed by atoms with Gasteiger partial charge in [-0.3, -0.25) is 10.2 Å². The topological polar surface area (TPSA) is 61.4 Å². The molecule has 1 unspecified atom stereocenters. The van der Waals surface area contributed by atoms with E-state index in [0.29, 0.717) is 12.8 Å². The van der Waals surface area contributed by atoms with Crippen molar-refractivity contribution >= 4 is 5.91 Å². The number of carbonyl (C=O) groups excluding carboxylic acids is 1. The van der Waals surface area contributed by atoms with Gasteiger partial charge in [-0.1, -0.05) is 0 Å². The molecule has 0 aliphatic carbocycles. The molecule has 3 N–H and O–H groups in total. The molecule has 1 heterocycles. The Kier molecular flexibility index (Phi) is 1.45. The summed E-state index contributed by atoms with van der Waals surface area (Å²) in [4.78, 5) is 10.3. The predicted molar refractivity (Wildman–Crippen MR) is 26.5 cm³/mol. The fourth-order valence-corrected chi connectivity index (χ4v) is 0.566. The molecule has 4 heteroatoms. The van der Waals surface area contributed by atoms with Gasteiger partial charge in [0.15, 0.2) is 0 Å². The molecule has 1 rings (SSSR count). The summed E-state index contributed by atoms with van der Waals surface area (Å²) in [6, 6.07) is 0. The van der Waals surface area contributed by atoms with Gasteiger partial charge in [-0.15, -0.1) is 0 Å². The van der Waals surface area contributed by atoms with Crippen molar-refractivity contribution in [1.29, 1.82) is 0 Å². The van der Waals surface area contributed by atoms with Crippen LogP contribution in [-0.2, 0) is 4.79 Å². The molecule has 0 aromatic carbocycles. The summed E-state index contributed by atoms with van der Waals surface area (Å²) in [5.74, 6) is -0.0599. The second-order valence-electron chi connectivity index (χ2n) is 1.75. The lowest BCUT2D eigenvalue weighted by Gasteiger charge is -2.18. The first kappa shape index (κ1) is 5.53. The number of hydrogen-bond donors (Lipinski definition) is 3. The maximum atomic E-state index is 10.3. The molecule has 0 spiro atoms. The lowest BCUT2D eigenvalue weighted by atomic mass is 10.2. The van der Waals surface area contributed by atoms with Crippen LogP contribution in [0.1, 0.15) is 12.8 Å². The first-order chi connectivity index (χ1) is 3.79. The van der Waals surface area contributed by atoms with Crippen LogP contribution in [0.2, 0.25) is 0 Å². The zero-order valence-electron chi connectivity index (χ0n) is 4.35. The molecule has 1 fully saturated rings. The van der Waals surface area contributed by atoms with Crippen LogP contribution < -0.4 is 10.9 Å². The van der Waals surface area contributed by atoms with Crippen LogP contribution >= 0.6 is 0 Å². The Morgan fingerprint density at radius 3 is 2.88 bits per heavy atom. The van der Waals surface area contributed by atoms with Crippen LogP contribution in [0.5, 0.6) is 0 Å². The molecule has 1 saturated heterocycles. The van der Waals surface area contributed by atoms with Crippen molar-refractivity contribution in [2.75, 3.05) is 0 Å².